The van der Waals surface area contributed by atoms with Crippen LogP contribution in [0.3, 0.4) is 0 Å². The fourth-order valence-corrected chi connectivity index (χ4v) is 2.61. The van der Waals surface area contributed by atoms with Crippen molar-refractivity contribution in [2.24, 2.45) is 0 Å². The lowest BCUT2D eigenvalue weighted by Gasteiger charge is -2.04. The van der Waals surface area contributed by atoms with Gasteiger partial charge in [-0.1, -0.05) is 36.4 Å². The van der Waals surface area contributed by atoms with Crippen molar-refractivity contribution in [3.63, 3.8) is 0 Å². The fraction of sp³-hybridized carbons (Fsp3) is 0.125. The highest BCUT2D eigenvalue weighted by molar-refractivity contribution is 7.80. The van der Waals surface area contributed by atoms with E-state index in [2.05, 4.69) is 71.9 Å². The van der Waals surface area contributed by atoms with E-state index < -0.39 is 0 Å². The molecule has 0 aliphatic carbocycles. The van der Waals surface area contributed by atoms with Crippen LogP contribution < -0.4 is 0 Å². The zero-order chi connectivity index (χ0) is 12.4. The molecule has 0 spiro atoms. The molecule has 3 aromatic rings. The summed E-state index contributed by atoms with van der Waals surface area (Å²) in [4.78, 5) is 0. The van der Waals surface area contributed by atoms with Gasteiger partial charge in [0.15, 0.2) is 0 Å². The third-order valence-corrected chi connectivity index (χ3v) is 3.43. The zero-order valence-corrected chi connectivity index (χ0v) is 11.0. The summed E-state index contributed by atoms with van der Waals surface area (Å²) in [5, 5.41) is 1.33. The van der Waals surface area contributed by atoms with Crippen molar-refractivity contribution >= 4 is 23.5 Å². The summed E-state index contributed by atoms with van der Waals surface area (Å²) in [6, 6.07) is 19.0. The summed E-state index contributed by atoms with van der Waals surface area (Å²) in [7, 11) is 0. The van der Waals surface area contributed by atoms with E-state index in [1.54, 1.807) is 0 Å². The lowest BCUT2D eigenvalue weighted by atomic mass is 10.1. The Bertz CT molecular complexity index is 655. The van der Waals surface area contributed by atoms with Crippen LogP contribution in [0.1, 0.15) is 5.56 Å². The highest BCUT2D eigenvalue weighted by Crippen LogP contribution is 2.25. The Morgan fingerprint density at radius 2 is 1.61 bits per heavy atom. The quantitative estimate of drug-likeness (QED) is 0.670. The lowest BCUT2D eigenvalue weighted by Crippen LogP contribution is -1.90. The lowest BCUT2D eigenvalue weighted by molar-refractivity contribution is 1.09. The number of thiol groups is 1. The minimum Gasteiger partial charge on any atom is -0.316 e. The number of benzene rings is 2. The van der Waals surface area contributed by atoms with E-state index in [0.29, 0.717) is 0 Å². The molecule has 0 saturated heterocycles. The normalized spacial score (nSPS) is 10.9. The summed E-state index contributed by atoms with van der Waals surface area (Å²) < 4.78 is 2.26. The van der Waals surface area contributed by atoms with Gasteiger partial charge < -0.3 is 4.57 Å². The Morgan fingerprint density at radius 3 is 2.39 bits per heavy atom. The van der Waals surface area contributed by atoms with Gasteiger partial charge in [0.25, 0.3) is 0 Å². The minimum atomic E-state index is 0.878. The van der Waals surface area contributed by atoms with Crippen LogP contribution in [0, 0.1) is 0 Å². The molecule has 0 aliphatic heterocycles. The number of hydrogen-bond acceptors (Lipinski definition) is 1. The maximum Gasteiger partial charge on any atom is 0.0531 e. The number of rotatable bonds is 3. The second-order valence-corrected chi connectivity index (χ2v) is 4.80. The zero-order valence-electron chi connectivity index (χ0n) is 10.1. The molecule has 0 bridgehead atoms. The van der Waals surface area contributed by atoms with Crippen LogP contribution in [0.25, 0.3) is 16.6 Å². The molecule has 1 heterocycles. The summed E-state index contributed by atoms with van der Waals surface area (Å²) in [5.41, 5.74) is 3.84. The standard InChI is InChI=1S/C16H15NS/c18-11-10-13-12-17(14-6-2-1-3-7-14)16-9-5-4-8-15(13)16/h1-9,12,18H,10-11H2. The molecule has 0 amide bonds. The molecule has 0 N–H and O–H groups in total. The molecule has 0 radical (unpaired) electrons. The van der Waals surface area contributed by atoms with E-state index in [0.717, 1.165) is 12.2 Å². The Balaban J connectivity index is 2.24. The van der Waals surface area contributed by atoms with Gasteiger partial charge in [0.1, 0.15) is 0 Å². The highest BCUT2D eigenvalue weighted by atomic mass is 32.1. The summed E-state index contributed by atoms with van der Waals surface area (Å²) >= 11 is 4.34. The van der Waals surface area contributed by atoms with Gasteiger partial charge in [-0.25, -0.2) is 0 Å². The number of aryl methyl sites for hydroxylation is 1. The van der Waals surface area contributed by atoms with Crippen LogP contribution in [0.5, 0.6) is 0 Å². The van der Waals surface area contributed by atoms with Crippen LogP contribution in [-0.4, -0.2) is 10.3 Å². The molecular weight excluding hydrogens is 238 g/mol. The average molecular weight is 253 g/mol. The van der Waals surface area contributed by atoms with Crippen molar-refractivity contribution in [1.82, 2.24) is 4.57 Å². The van der Waals surface area contributed by atoms with Crippen molar-refractivity contribution in [3.05, 3.63) is 66.4 Å². The predicted octanol–water partition coefficient (Wildman–Crippen LogP) is 4.10. The third-order valence-electron chi connectivity index (χ3n) is 3.21. The molecule has 0 fully saturated rings. The summed E-state index contributed by atoms with van der Waals surface area (Å²) in [5.74, 6) is 0.878. The number of hydrogen-bond donors (Lipinski definition) is 1. The van der Waals surface area contributed by atoms with Gasteiger partial charge in [-0.05, 0) is 35.9 Å². The Hall–Kier alpha value is -1.67. The maximum atomic E-state index is 4.34. The molecule has 18 heavy (non-hydrogen) atoms. The van der Waals surface area contributed by atoms with Crippen molar-refractivity contribution < 1.29 is 0 Å². The molecule has 2 heteroatoms. The van der Waals surface area contributed by atoms with Gasteiger partial charge in [0.2, 0.25) is 0 Å². The monoisotopic (exact) mass is 253 g/mol. The molecule has 1 aromatic heterocycles. The molecular formula is C16H15NS. The van der Waals surface area contributed by atoms with E-state index >= 15 is 0 Å². The van der Waals surface area contributed by atoms with E-state index in [1.807, 2.05) is 6.07 Å². The molecule has 0 atom stereocenters. The first-order chi connectivity index (χ1) is 8.90. The van der Waals surface area contributed by atoms with Crippen molar-refractivity contribution in [2.45, 2.75) is 6.42 Å². The Morgan fingerprint density at radius 1 is 0.889 bits per heavy atom. The van der Waals surface area contributed by atoms with Crippen LogP contribution in [0.15, 0.2) is 60.8 Å². The van der Waals surface area contributed by atoms with Crippen molar-refractivity contribution in [1.29, 1.82) is 0 Å². The summed E-state index contributed by atoms with van der Waals surface area (Å²) in [6.45, 7) is 0. The number of nitrogens with zero attached hydrogens (tertiary/aromatic N) is 1. The average Bonchev–Trinajstić information content (AvgIpc) is 2.80. The van der Waals surface area contributed by atoms with E-state index in [4.69, 9.17) is 0 Å². The molecule has 1 nitrogen and oxygen atoms in total. The topological polar surface area (TPSA) is 4.93 Å². The molecule has 0 unspecified atom stereocenters. The Kier molecular flexibility index (Phi) is 3.11. The van der Waals surface area contributed by atoms with Gasteiger partial charge in [0, 0.05) is 17.3 Å². The van der Waals surface area contributed by atoms with Crippen molar-refractivity contribution in [2.75, 3.05) is 5.75 Å². The van der Waals surface area contributed by atoms with Crippen LogP contribution in [0.4, 0.5) is 0 Å². The predicted molar refractivity (Wildman–Crippen MR) is 80.8 cm³/mol. The number of aromatic nitrogens is 1. The molecule has 0 saturated carbocycles. The summed E-state index contributed by atoms with van der Waals surface area (Å²) in [6.07, 6.45) is 3.24. The van der Waals surface area contributed by atoms with Crippen molar-refractivity contribution in [3.8, 4) is 5.69 Å². The second kappa shape index (κ2) is 4.91. The van der Waals surface area contributed by atoms with Gasteiger partial charge >= 0.3 is 0 Å². The van der Waals surface area contributed by atoms with Crippen LogP contribution in [-0.2, 0) is 6.42 Å². The van der Waals surface area contributed by atoms with Crippen LogP contribution in [0.2, 0.25) is 0 Å². The van der Waals surface area contributed by atoms with Gasteiger partial charge in [-0.15, -0.1) is 0 Å². The Labute approximate surface area is 112 Å². The minimum absolute atomic E-state index is 0.878. The van der Waals surface area contributed by atoms with Gasteiger partial charge in [0.05, 0.1) is 5.52 Å². The second-order valence-electron chi connectivity index (χ2n) is 4.35. The number of para-hydroxylation sites is 2. The first-order valence-electron chi connectivity index (χ1n) is 6.15. The molecule has 3 rings (SSSR count). The molecule has 2 aromatic carbocycles. The first kappa shape index (κ1) is 11.4. The van der Waals surface area contributed by atoms with E-state index in [1.165, 1.54) is 22.2 Å². The van der Waals surface area contributed by atoms with Gasteiger partial charge in [-0.2, -0.15) is 12.6 Å². The van der Waals surface area contributed by atoms with Crippen LogP contribution >= 0.6 is 12.6 Å². The maximum absolute atomic E-state index is 4.34. The fourth-order valence-electron chi connectivity index (χ4n) is 2.37. The van der Waals surface area contributed by atoms with Gasteiger partial charge in [-0.3, -0.25) is 0 Å². The molecule has 0 aliphatic rings. The SMILES string of the molecule is SCCc1cn(-c2ccccc2)c2ccccc12. The van der Waals surface area contributed by atoms with E-state index in [-0.39, 0.29) is 0 Å². The highest BCUT2D eigenvalue weighted by Gasteiger charge is 2.08. The number of fused-ring (bicyclic) bond motifs is 1. The van der Waals surface area contributed by atoms with E-state index in [9.17, 15) is 0 Å². The smallest absolute Gasteiger partial charge is 0.0531 e. The third kappa shape index (κ3) is 1.93. The first-order valence-corrected chi connectivity index (χ1v) is 6.78. The molecule has 90 valence electrons. The largest absolute Gasteiger partial charge is 0.316 e.